The van der Waals surface area contributed by atoms with Crippen molar-refractivity contribution in [1.29, 1.82) is 0 Å². The number of benzene rings is 1. The number of thiazole rings is 1. The fourth-order valence-corrected chi connectivity index (χ4v) is 2.77. The second-order valence-corrected chi connectivity index (χ2v) is 6.03. The number of nitrogens with one attached hydrogen (secondary N) is 2. The van der Waals surface area contributed by atoms with Crippen LogP contribution in [0.2, 0.25) is 0 Å². The van der Waals surface area contributed by atoms with E-state index in [1.807, 2.05) is 6.92 Å². The first-order valence-corrected chi connectivity index (χ1v) is 8.26. The van der Waals surface area contributed by atoms with Crippen molar-refractivity contribution >= 4 is 28.3 Å². The maximum absolute atomic E-state index is 13.6. The van der Waals surface area contributed by atoms with Crippen molar-refractivity contribution in [2.45, 2.75) is 13.5 Å². The van der Waals surface area contributed by atoms with E-state index in [2.05, 4.69) is 15.6 Å². The summed E-state index contributed by atoms with van der Waals surface area (Å²) in [5.41, 5.74) is 0.0778. The van der Waals surface area contributed by atoms with E-state index >= 15 is 0 Å². The van der Waals surface area contributed by atoms with Crippen LogP contribution in [0, 0.1) is 12.7 Å². The van der Waals surface area contributed by atoms with Gasteiger partial charge in [-0.25, -0.2) is 9.37 Å². The summed E-state index contributed by atoms with van der Waals surface area (Å²) in [6.45, 7) is 2.05. The van der Waals surface area contributed by atoms with E-state index in [1.165, 1.54) is 23.6 Å². The van der Waals surface area contributed by atoms with Gasteiger partial charge in [0.2, 0.25) is 0 Å². The number of hydrogen-bond donors (Lipinski definition) is 2. The van der Waals surface area contributed by atoms with E-state index in [0.717, 1.165) is 17.1 Å². The van der Waals surface area contributed by atoms with Gasteiger partial charge in [-0.2, -0.15) is 0 Å². The predicted molar refractivity (Wildman–Crippen MR) is 91.1 cm³/mol. The molecule has 1 aromatic carbocycles. The van der Waals surface area contributed by atoms with E-state index < -0.39 is 17.6 Å². The zero-order valence-electron chi connectivity index (χ0n) is 13.2. The monoisotopic (exact) mass is 359 g/mol. The van der Waals surface area contributed by atoms with Crippen LogP contribution >= 0.6 is 11.3 Å². The lowest BCUT2D eigenvalue weighted by atomic mass is 10.2. The fraction of sp³-hybridized carbons (Fsp3) is 0.118. The molecule has 0 bridgehead atoms. The number of halogens is 1. The summed E-state index contributed by atoms with van der Waals surface area (Å²) in [4.78, 5) is 28.1. The first-order chi connectivity index (χ1) is 12.0. The van der Waals surface area contributed by atoms with E-state index in [1.54, 1.807) is 18.2 Å². The normalized spacial score (nSPS) is 10.5. The fourth-order valence-electron chi connectivity index (χ4n) is 2.08. The molecule has 8 heteroatoms. The van der Waals surface area contributed by atoms with Crippen molar-refractivity contribution in [2.24, 2.45) is 0 Å². The van der Waals surface area contributed by atoms with Gasteiger partial charge in [0.25, 0.3) is 11.8 Å². The standard InChI is InChI=1S/C17H14FN3O3S/c1-10-6-7-11(24-10)8-19-16(23)14-9-25-17(20-14)21-15(22)12-4-2-3-5-13(12)18/h2-7,9H,8H2,1H3,(H,19,23)(H,20,21,22). The van der Waals surface area contributed by atoms with Crippen LogP contribution in [-0.4, -0.2) is 16.8 Å². The Morgan fingerprint density at radius 2 is 2.00 bits per heavy atom. The Morgan fingerprint density at radius 3 is 2.72 bits per heavy atom. The Hall–Kier alpha value is -3.00. The van der Waals surface area contributed by atoms with Crippen LogP contribution in [0.15, 0.2) is 46.2 Å². The van der Waals surface area contributed by atoms with Crippen LogP contribution in [0.4, 0.5) is 9.52 Å². The van der Waals surface area contributed by atoms with Gasteiger partial charge in [-0.05, 0) is 31.2 Å². The molecule has 0 unspecified atom stereocenters. The zero-order chi connectivity index (χ0) is 17.8. The average molecular weight is 359 g/mol. The largest absolute Gasteiger partial charge is 0.465 e. The maximum atomic E-state index is 13.6. The highest BCUT2D eigenvalue weighted by atomic mass is 32.1. The Bertz CT molecular complexity index is 919. The molecule has 0 aliphatic carbocycles. The molecule has 0 aliphatic rings. The van der Waals surface area contributed by atoms with E-state index in [9.17, 15) is 14.0 Å². The van der Waals surface area contributed by atoms with E-state index in [0.29, 0.717) is 5.76 Å². The topological polar surface area (TPSA) is 84.2 Å². The number of aromatic nitrogens is 1. The number of furan rings is 1. The van der Waals surface area contributed by atoms with Crippen molar-refractivity contribution in [3.8, 4) is 0 Å². The number of carbonyl (C=O) groups excluding carboxylic acids is 2. The Kier molecular flexibility index (Phi) is 4.90. The maximum Gasteiger partial charge on any atom is 0.271 e. The number of aryl methyl sites for hydroxylation is 1. The molecule has 0 spiro atoms. The zero-order valence-corrected chi connectivity index (χ0v) is 14.0. The van der Waals surface area contributed by atoms with Crippen molar-refractivity contribution in [1.82, 2.24) is 10.3 Å². The molecule has 6 nitrogen and oxygen atoms in total. The molecule has 3 rings (SSSR count). The molecule has 0 fully saturated rings. The quantitative estimate of drug-likeness (QED) is 0.731. The lowest BCUT2D eigenvalue weighted by molar-refractivity contribution is 0.0942. The number of rotatable bonds is 5. The van der Waals surface area contributed by atoms with E-state index in [-0.39, 0.29) is 22.9 Å². The summed E-state index contributed by atoms with van der Waals surface area (Å²) in [6, 6.07) is 9.22. The van der Waals surface area contributed by atoms with Crippen LogP contribution in [0.25, 0.3) is 0 Å². The highest BCUT2D eigenvalue weighted by Gasteiger charge is 2.15. The number of nitrogens with zero attached hydrogens (tertiary/aromatic N) is 1. The first kappa shape index (κ1) is 16.8. The molecule has 0 saturated heterocycles. The van der Waals surface area contributed by atoms with Crippen LogP contribution in [0.5, 0.6) is 0 Å². The third kappa shape index (κ3) is 4.10. The van der Waals surface area contributed by atoms with Crippen molar-refractivity contribution in [2.75, 3.05) is 5.32 Å². The number of hydrogen-bond acceptors (Lipinski definition) is 5. The van der Waals surface area contributed by atoms with Gasteiger partial charge < -0.3 is 9.73 Å². The SMILES string of the molecule is Cc1ccc(CNC(=O)c2csc(NC(=O)c3ccccc3F)n2)o1. The third-order valence-electron chi connectivity index (χ3n) is 3.29. The molecule has 0 atom stereocenters. The molecule has 2 amide bonds. The van der Waals surface area contributed by atoms with Crippen LogP contribution in [0.1, 0.15) is 32.4 Å². The molecule has 0 radical (unpaired) electrons. The van der Waals surface area contributed by atoms with Gasteiger partial charge in [0.15, 0.2) is 5.13 Å². The number of anilines is 1. The van der Waals surface area contributed by atoms with Crippen molar-refractivity contribution in [3.63, 3.8) is 0 Å². The van der Waals surface area contributed by atoms with Crippen LogP contribution < -0.4 is 10.6 Å². The summed E-state index contributed by atoms with van der Waals surface area (Å²) in [6.07, 6.45) is 0. The highest BCUT2D eigenvalue weighted by Crippen LogP contribution is 2.17. The smallest absolute Gasteiger partial charge is 0.271 e. The molecule has 2 N–H and O–H groups in total. The van der Waals surface area contributed by atoms with Gasteiger partial charge >= 0.3 is 0 Å². The molecule has 0 aliphatic heterocycles. The van der Waals surface area contributed by atoms with Crippen molar-refractivity contribution in [3.05, 3.63) is 70.4 Å². The molecular formula is C17H14FN3O3S. The first-order valence-electron chi connectivity index (χ1n) is 7.38. The Labute approximate surface area is 146 Å². The minimum absolute atomic E-state index is 0.0862. The molecular weight excluding hydrogens is 345 g/mol. The molecule has 0 saturated carbocycles. The van der Waals surface area contributed by atoms with Gasteiger partial charge in [-0.15, -0.1) is 11.3 Å². The van der Waals surface area contributed by atoms with Gasteiger partial charge in [-0.1, -0.05) is 12.1 Å². The second kappa shape index (κ2) is 7.27. The highest BCUT2D eigenvalue weighted by molar-refractivity contribution is 7.14. The molecule has 2 aromatic heterocycles. The summed E-state index contributed by atoms with van der Waals surface area (Å²) in [7, 11) is 0. The van der Waals surface area contributed by atoms with Crippen LogP contribution in [-0.2, 0) is 6.54 Å². The second-order valence-electron chi connectivity index (χ2n) is 5.17. The summed E-state index contributed by atoms with van der Waals surface area (Å²) < 4.78 is 19.0. The number of carbonyl (C=O) groups is 2. The van der Waals surface area contributed by atoms with Crippen LogP contribution in [0.3, 0.4) is 0 Å². The average Bonchev–Trinajstić information content (AvgIpc) is 3.22. The van der Waals surface area contributed by atoms with Gasteiger partial charge in [0.1, 0.15) is 23.0 Å². The molecule has 2 heterocycles. The Morgan fingerprint density at radius 1 is 1.20 bits per heavy atom. The summed E-state index contributed by atoms with van der Waals surface area (Å²) in [5, 5.41) is 6.88. The van der Waals surface area contributed by atoms with E-state index in [4.69, 9.17) is 4.42 Å². The molecule has 25 heavy (non-hydrogen) atoms. The van der Waals surface area contributed by atoms with Gasteiger partial charge in [0.05, 0.1) is 12.1 Å². The van der Waals surface area contributed by atoms with Gasteiger partial charge in [0, 0.05) is 5.38 Å². The predicted octanol–water partition coefficient (Wildman–Crippen LogP) is 3.37. The summed E-state index contributed by atoms with van der Waals surface area (Å²) >= 11 is 1.08. The molecule has 128 valence electrons. The summed E-state index contributed by atoms with van der Waals surface area (Å²) in [5.74, 6) is -0.240. The van der Waals surface area contributed by atoms with Crippen molar-refractivity contribution < 1.29 is 18.4 Å². The lowest BCUT2D eigenvalue weighted by Gasteiger charge is -2.02. The lowest BCUT2D eigenvalue weighted by Crippen LogP contribution is -2.23. The third-order valence-corrected chi connectivity index (χ3v) is 4.05. The minimum atomic E-state index is -0.622. The Balaban J connectivity index is 1.61. The molecule has 3 aromatic rings. The van der Waals surface area contributed by atoms with Gasteiger partial charge in [-0.3, -0.25) is 14.9 Å². The number of amides is 2. The minimum Gasteiger partial charge on any atom is -0.465 e.